The van der Waals surface area contributed by atoms with Crippen LogP contribution in [0.5, 0.6) is 0 Å². The summed E-state index contributed by atoms with van der Waals surface area (Å²) in [5.74, 6) is 2.35. The van der Waals surface area contributed by atoms with E-state index >= 15 is 0 Å². The Morgan fingerprint density at radius 1 is 1.19 bits per heavy atom. The maximum absolute atomic E-state index is 8.33. The first-order chi connectivity index (χ1) is 14.0. The monoisotopic (exact) mass is 471 g/mol. The van der Waals surface area contributed by atoms with Gasteiger partial charge in [0.1, 0.15) is 17.3 Å². The first-order valence-electron chi connectivity index (χ1n) is 9.68. The molecule has 2 N–H and O–H groups in total. The third-order valence-corrected chi connectivity index (χ3v) is 5.84. The van der Waals surface area contributed by atoms with E-state index in [0.29, 0.717) is 11.3 Å². The van der Waals surface area contributed by atoms with Gasteiger partial charge in [-0.05, 0) is 36.0 Å². The number of carbonyl (C=O) groups is 1. The van der Waals surface area contributed by atoms with Gasteiger partial charge in [0.25, 0.3) is 0 Å². The maximum atomic E-state index is 8.33. The van der Waals surface area contributed by atoms with Crippen LogP contribution in [0.25, 0.3) is 11.0 Å². The normalized spacial score (nSPS) is 18.4. The molecule has 1 aromatic carbocycles. The van der Waals surface area contributed by atoms with E-state index in [-0.39, 0.29) is 103 Å². The molecule has 1 aliphatic heterocycles. The van der Waals surface area contributed by atoms with Crippen molar-refractivity contribution in [3.05, 3.63) is 54.0 Å². The summed E-state index contributed by atoms with van der Waals surface area (Å²) in [5.41, 5.74) is 2.71. The van der Waals surface area contributed by atoms with Crippen LogP contribution in [0.2, 0.25) is 0 Å². The number of carboxylic acid groups (broad SMARTS) is 2. The van der Waals surface area contributed by atoms with Crippen LogP contribution in [-0.2, 0) is 6.54 Å². The molecular weight excluding hydrogens is 448 g/mol. The van der Waals surface area contributed by atoms with Gasteiger partial charge in [0, 0.05) is 38.8 Å². The minimum atomic E-state index is -2.33. The summed E-state index contributed by atoms with van der Waals surface area (Å²) >= 11 is 0. The zero-order valence-corrected chi connectivity index (χ0v) is 24.5. The number of likely N-dealkylation sites (tertiary alicyclic amines) is 1. The van der Waals surface area contributed by atoms with Gasteiger partial charge < -0.3 is 25.3 Å². The van der Waals surface area contributed by atoms with Crippen molar-refractivity contribution < 1.29 is 118 Å². The summed E-state index contributed by atoms with van der Waals surface area (Å²) in [6, 6.07) is 12.8. The molecule has 0 bridgehead atoms. The molecule has 152 valence electrons. The van der Waals surface area contributed by atoms with E-state index in [9.17, 15) is 0 Å². The van der Waals surface area contributed by atoms with Gasteiger partial charge in [0.15, 0.2) is 0 Å². The molecule has 1 atom stereocenters. The van der Waals surface area contributed by atoms with E-state index < -0.39 is 6.16 Å². The molecule has 0 radical (unpaired) electrons. The molecule has 0 amide bonds. The number of hydrogen-bond acceptors (Lipinski definition) is 7. The predicted octanol–water partition coefficient (Wildman–Crippen LogP) is -5.06. The Balaban J connectivity index is 0.000000527. The largest absolute Gasteiger partial charge is 1.00 e. The van der Waals surface area contributed by atoms with Crippen LogP contribution in [0, 0.1) is 5.41 Å². The van der Waals surface area contributed by atoms with E-state index in [2.05, 4.69) is 45.5 Å². The van der Waals surface area contributed by atoms with Crippen molar-refractivity contribution >= 4 is 23.0 Å². The number of aromatic nitrogens is 3. The molecule has 10 heteroatoms. The van der Waals surface area contributed by atoms with Gasteiger partial charge >= 0.3 is 103 Å². The maximum Gasteiger partial charge on any atom is 1.00 e. The second-order valence-corrected chi connectivity index (χ2v) is 7.74. The molecule has 3 aromatic rings. The molecule has 31 heavy (non-hydrogen) atoms. The number of nitrogens with one attached hydrogen (secondary N) is 2. The van der Waals surface area contributed by atoms with Gasteiger partial charge in [0.05, 0.1) is 5.39 Å². The second-order valence-electron chi connectivity index (χ2n) is 7.74. The minimum Gasteiger partial charge on any atom is -0.652 e. The summed E-state index contributed by atoms with van der Waals surface area (Å²) in [6.45, 7) is 3.22. The number of fused-ring (bicyclic) bond motifs is 1. The number of anilines is 1. The van der Waals surface area contributed by atoms with Gasteiger partial charge in [-0.1, -0.05) is 30.3 Å². The average Bonchev–Trinajstić information content (AvgIpc) is 3.15. The molecule has 1 saturated heterocycles. The summed E-state index contributed by atoms with van der Waals surface area (Å²) in [4.78, 5) is 23.9. The van der Waals surface area contributed by atoms with E-state index in [0.717, 1.165) is 42.3 Å². The first-order valence-corrected chi connectivity index (χ1v) is 9.68. The minimum absolute atomic E-state index is 0. The van der Waals surface area contributed by atoms with Crippen LogP contribution < -0.4 is 118 Å². The van der Waals surface area contributed by atoms with Crippen molar-refractivity contribution in [1.29, 1.82) is 0 Å². The molecule has 8 nitrogen and oxygen atoms in total. The van der Waals surface area contributed by atoms with Crippen LogP contribution in [-0.4, -0.2) is 46.1 Å². The predicted molar refractivity (Wildman–Crippen MR) is 105 cm³/mol. The van der Waals surface area contributed by atoms with Gasteiger partial charge in [-0.2, -0.15) is 0 Å². The van der Waals surface area contributed by atoms with Gasteiger partial charge in [-0.25, -0.2) is 9.97 Å². The van der Waals surface area contributed by atoms with Crippen molar-refractivity contribution in [2.24, 2.45) is 5.41 Å². The summed E-state index contributed by atoms with van der Waals surface area (Å²) < 4.78 is 0. The smallest absolute Gasteiger partial charge is 0.652 e. The number of H-pyrrole nitrogens is 1. The van der Waals surface area contributed by atoms with Crippen LogP contribution >= 0.6 is 0 Å². The Morgan fingerprint density at radius 3 is 2.48 bits per heavy atom. The molecule has 2 fully saturated rings. The van der Waals surface area contributed by atoms with Gasteiger partial charge in [-0.3, -0.25) is 4.90 Å². The molecule has 5 rings (SSSR count). The Morgan fingerprint density at radius 2 is 1.87 bits per heavy atom. The van der Waals surface area contributed by atoms with E-state index in [1.54, 1.807) is 0 Å². The third kappa shape index (κ3) is 6.60. The fourth-order valence-electron chi connectivity index (χ4n) is 4.36. The van der Waals surface area contributed by atoms with Crippen LogP contribution in [0.1, 0.15) is 30.1 Å². The first kappa shape index (κ1) is 27.4. The summed E-state index contributed by atoms with van der Waals surface area (Å²) in [6.07, 6.45) is 2.20. The fourth-order valence-corrected chi connectivity index (χ4v) is 4.36. The molecular formula is C21H23K2N5O3. The second kappa shape index (κ2) is 12.0. The number of carbonyl (C=O) groups excluding carboxylic acids is 1. The van der Waals surface area contributed by atoms with Crippen LogP contribution in [0.4, 0.5) is 10.6 Å². The molecule has 1 aliphatic carbocycles. The molecule has 1 spiro atoms. The average molecular weight is 472 g/mol. The standard InChI is InChI=1S/C20H23N5.CH2O3.2K/c1-21-17-15-7-10-22-18(15)24-19(23-17)16-12-25(13-20(16)8-9-20)11-14-5-3-2-4-6-14;2-1(3)4;;/h2-7,10,16H,8-9,11-13H2,1H3,(H2,21,22,23,24);(H2,2,3,4);;/q;;2*+1/p-2. The quantitative estimate of drug-likeness (QED) is 0.366. The molecule has 2 aliphatic rings. The molecule has 1 saturated carbocycles. The zero-order chi connectivity index (χ0) is 20.4. The third-order valence-electron chi connectivity index (χ3n) is 5.84. The summed E-state index contributed by atoms with van der Waals surface area (Å²) in [5, 5.41) is 21.0. The Hall–Kier alpha value is 0.143. The van der Waals surface area contributed by atoms with Gasteiger partial charge in [-0.15, -0.1) is 0 Å². The molecule has 3 heterocycles. The topological polar surface area (TPSA) is 120 Å². The Bertz CT molecular complexity index is 1010. The van der Waals surface area contributed by atoms with Crippen molar-refractivity contribution in [3.8, 4) is 0 Å². The van der Waals surface area contributed by atoms with Crippen molar-refractivity contribution in [2.45, 2.75) is 25.3 Å². The van der Waals surface area contributed by atoms with Crippen LogP contribution in [0.3, 0.4) is 0 Å². The van der Waals surface area contributed by atoms with E-state index in [4.69, 9.17) is 25.0 Å². The number of aromatic amines is 1. The summed E-state index contributed by atoms with van der Waals surface area (Å²) in [7, 11) is 1.93. The van der Waals surface area contributed by atoms with E-state index in [1.165, 1.54) is 18.4 Å². The van der Waals surface area contributed by atoms with Crippen molar-refractivity contribution in [2.75, 3.05) is 25.5 Å². The zero-order valence-electron chi connectivity index (χ0n) is 18.2. The van der Waals surface area contributed by atoms with Crippen LogP contribution in [0.15, 0.2) is 42.6 Å². The molecule has 2 aromatic heterocycles. The van der Waals surface area contributed by atoms with Gasteiger partial charge in [0.2, 0.25) is 0 Å². The number of hydrogen-bond donors (Lipinski definition) is 2. The number of nitrogens with zero attached hydrogens (tertiary/aromatic N) is 3. The Labute approximate surface area is 266 Å². The fraction of sp³-hybridized carbons (Fsp3) is 0.381. The number of benzene rings is 1. The van der Waals surface area contributed by atoms with E-state index in [1.807, 2.05) is 19.3 Å². The molecule has 1 unspecified atom stereocenters. The number of rotatable bonds is 4. The van der Waals surface area contributed by atoms with Crippen molar-refractivity contribution in [3.63, 3.8) is 0 Å². The Kier molecular flexibility index (Phi) is 10.6. The van der Waals surface area contributed by atoms with Crippen molar-refractivity contribution in [1.82, 2.24) is 19.9 Å². The SMILES string of the molecule is CNc1nc(C2CN(Cc3ccccc3)CC23CC3)nc2[nH]ccc12.O=C([O-])[O-].[K+].[K+].